The van der Waals surface area contributed by atoms with Crippen molar-refractivity contribution in [3.05, 3.63) is 18.2 Å². The normalized spacial score (nSPS) is 10.3. The van der Waals surface area contributed by atoms with E-state index in [1.807, 2.05) is 18.2 Å². The Morgan fingerprint density at radius 1 is 1.00 bits per heavy atom. The summed E-state index contributed by atoms with van der Waals surface area (Å²) >= 11 is 0. The van der Waals surface area contributed by atoms with Crippen molar-refractivity contribution >= 4 is 0 Å². The first-order valence-corrected chi connectivity index (χ1v) is 6.45. The van der Waals surface area contributed by atoms with E-state index in [4.69, 9.17) is 18.9 Å². The molecular weight excluding hydrogens is 246 g/mol. The van der Waals surface area contributed by atoms with Crippen LogP contribution in [0.3, 0.4) is 0 Å². The molecule has 0 atom stereocenters. The van der Waals surface area contributed by atoms with Gasteiger partial charge in [-0.25, -0.2) is 0 Å². The van der Waals surface area contributed by atoms with Gasteiger partial charge in [0.1, 0.15) is 6.61 Å². The second-order valence-electron chi connectivity index (χ2n) is 3.81. The highest BCUT2D eigenvalue weighted by Crippen LogP contribution is 2.36. The number of ether oxygens (including phenoxy) is 4. The fourth-order valence-corrected chi connectivity index (χ4v) is 1.61. The molecule has 0 heterocycles. The van der Waals surface area contributed by atoms with Crippen LogP contribution in [0.15, 0.2) is 18.2 Å². The van der Waals surface area contributed by atoms with Crippen molar-refractivity contribution < 1.29 is 18.9 Å². The first kappa shape index (κ1) is 15.6. The lowest BCUT2D eigenvalue weighted by Gasteiger charge is -2.13. The zero-order valence-electron chi connectivity index (χ0n) is 11.9. The zero-order chi connectivity index (χ0) is 13.9. The van der Waals surface area contributed by atoms with Gasteiger partial charge in [-0.2, -0.15) is 0 Å². The second kappa shape index (κ2) is 9.47. The summed E-state index contributed by atoms with van der Waals surface area (Å²) in [5, 5.41) is 3.19. The van der Waals surface area contributed by atoms with Gasteiger partial charge in [-0.3, -0.25) is 0 Å². The van der Waals surface area contributed by atoms with E-state index in [1.165, 1.54) is 0 Å². The van der Waals surface area contributed by atoms with Crippen LogP contribution in [0.5, 0.6) is 17.2 Å². The molecule has 0 aliphatic heterocycles. The van der Waals surface area contributed by atoms with Gasteiger partial charge in [0.25, 0.3) is 0 Å². The number of benzene rings is 1. The average molecular weight is 269 g/mol. The topological polar surface area (TPSA) is 49.0 Å². The third-order valence-electron chi connectivity index (χ3n) is 2.53. The van der Waals surface area contributed by atoms with Crippen molar-refractivity contribution in [1.29, 1.82) is 0 Å². The Morgan fingerprint density at radius 3 is 2.47 bits per heavy atom. The Bertz CT molecular complexity index is 357. The van der Waals surface area contributed by atoms with E-state index in [2.05, 4.69) is 12.2 Å². The van der Waals surface area contributed by atoms with Gasteiger partial charge in [0.2, 0.25) is 5.75 Å². The summed E-state index contributed by atoms with van der Waals surface area (Å²) in [6.07, 6.45) is 0. The van der Waals surface area contributed by atoms with Crippen LogP contribution >= 0.6 is 0 Å². The predicted octanol–water partition coefficient (Wildman–Crippen LogP) is 1.71. The highest BCUT2D eigenvalue weighted by atomic mass is 16.5. The Balaban J connectivity index is 2.33. The molecule has 1 aromatic carbocycles. The monoisotopic (exact) mass is 269 g/mol. The molecule has 0 saturated carbocycles. The van der Waals surface area contributed by atoms with Gasteiger partial charge in [0, 0.05) is 6.54 Å². The van der Waals surface area contributed by atoms with E-state index in [9.17, 15) is 0 Å². The molecule has 0 saturated heterocycles. The molecule has 0 amide bonds. The van der Waals surface area contributed by atoms with Crippen molar-refractivity contribution in [3.8, 4) is 17.2 Å². The van der Waals surface area contributed by atoms with Gasteiger partial charge in [0.15, 0.2) is 11.5 Å². The Labute approximate surface area is 114 Å². The summed E-state index contributed by atoms with van der Waals surface area (Å²) in [6.45, 7) is 5.60. The zero-order valence-corrected chi connectivity index (χ0v) is 11.9. The van der Waals surface area contributed by atoms with E-state index < -0.39 is 0 Å². The Hall–Kier alpha value is -1.46. The molecule has 0 spiro atoms. The molecule has 1 N–H and O–H groups in total. The molecule has 0 fully saturated rings. The van der Waals surface area contributed by atoms with Gasteiger partial charge in [0.05, 0.1) is 27.4 Å². The van der Waals surface area contributed by atoms with E-state index in [1.54, 1.807) is 14.2 Å². The first-order valence-electron chi connectivity index (χ1n) is 6.45. The maximum absolute atomic E-state index is 5.63. The minimum atomic E-state index is 0.482. The molecule has 0 aliphatic rings. The average Bonchev–Trinajstić information content (AvgIpc) is 2.45. The van der Waals surface area contributed by atoms with Crippen LogP contribution in [0.1, 0.15) is 6.92 Å². The fourth-order valence-electron chi connectivity index (χ4n) is 1.61. The molecule has 0 radical (unpaired) electrons. The quantitative estimate of drug-likeness (QED) is 0.655. The van der Waals surface area contributed by atoms with Gasteiger partial charge in [-0.1, -0.05) is 13.0 Å². The van der Waals surface area contributed by atoms with Crippen molar-refractivity contribution in [2.75, 3.05) is 47.1 Å². The van der Waals surface area contributed by atoms with Crippen LogP contribution in [0.2, 0.25) is 0 Å². The van der Waals surface area contributed by atoms with Gasteiger partial charge in [-0.05, 0) is 18.7 Å². The number of nitrogens with one attached hydrogen (secondary N) is 1. The molecule has 0 bridgehead atoms. The van der Waals surface area contributed by atoms with Crippen LogP contribution in [-0.2, 0) is 4.74 Å². The van der Waals surface area contributed by atoms with E-state index in [0.29, 0.717) is 37.1 Å². The van der Waals surface area contributed by atoms with Crippen molar-refractivity contribution in [2.24, 2.45) is 0 Å². The molecule has 1 aromatic rings. The maximum atomic E-state index is 5.63. The molecule has 0 unspecified atom stereocenters. The van der Waals surface area contributed by atoms with Gasteiger partial charge < -0.3 is 24.3 Å². The van der Waals surface area contributed by atoms with E-state index >= 15 is 0 Å². The molecule has 5 nitrogen and oxygen atoms in total. The minimum absolute atomic E-state index is 0.482. The van der Waals surface area contributed by atoms with E-state index in [-0.39, 0.29) is 0 Å². The second-order valence-corrected chi connectivity index (χ2v) is 3.81. The Kier molecular flexibility index (Phi) is 7.77. The third-order valence-corrected chi connectivity index (χ3v) is 2.53. The number of rotatable bonds is 10. The highest BCUT2D eigenvalue weighted by Gasteiger charge is 2.10. The number of methoxy groups -OCH3 is 2. The molecule has 1 rings (SSSR count). The Morgan fingerprint density at radius 2 is 1.79 bits per heavy atom. The molecule has 0 aromatic heterocycles. The number of hydrogen-bond donors (Lipinski definition) is 1. The largest absolute Gasteiger partial charge is 0.493 e. The van der Waals surface area contributed by atoms with Crippen LogP contribution in [0.4, 0.5) is 0 Å². The fraction of sp³-hybridized carbons (Fsp3) is 0.571. The molecular formula is C14H23NO4. The summed E-state index contributed by atoms with van der Waals surface area (Å²) in [7, 11) is 3.20. The number of para-hydroxylation sites is 1. The summed E-state index contributed by atoms with van der Waals surface area (Å²) in [4.78, 5) is 0. The number of hydrogen-bond acceptors (Lipinski definition) is 5. The van der Waals surface area contributed by atoms with Crippen LogP contribution < -0.4 is 19.5 Å². The maximum Gasteiger partial charge on any atom is 0.203 e. The van der Waals surface area contributed by atoms with Crippen molar-refractivity contribution in [1.82, 2.24) is 5.32 Å². The molecule has 0 aliphatic carbocycles. The summed E-state index contributed by atoms with van der Waals surface area (Å²) in [5.41, 5.74) is 0. The van der Waals surface area contributed by atoms with Crippen LogP contribution in [-0.4, -0.2) is 47.1 Å². The molecule has 19 heavy (non-hydrogen) atoms. The standard InChI is InChI=1S/C14H23NO4/c1-4-15-8-9-18-10-11-19-13-7-5-6-12(16-2)14(13)17-3/h5-7,15H,4,8-11H2,1-3H3. The summed E-state index contributed by atoms with van der Waals surface area (Å²) in [5.74, 6) is 1.93. The third kappa shape index (κ3) is 5.36. The lowest BCUT2D eigenvalue weighted by Crippen LogP contribution is -2.20. The lowest BCUT2D eigenvalue weighted by atomic mass is 10.3. The highest BCUT2D eigenvalue weighted by molar-refractivity contribution is 5.50. The molecule has 5 heteroatoms. The molecule has 108 valence electrons. The smallest absolute Gasteiger partial charge is 0.203 e. The van der Waals surface area contributed by atoms with Gasteiger partial charge >= 0.3 is 0 Å². The van der Waals surface area contributed by atoms with E-state index in [0.717, 1.165) is 13.1 Å². The lowest BCUT2D eigenvalue weighted by molar-refractivity contribution is 0.101. The van der Waals surface area contributed by atoms with Crippen molar-refractivity contribution in [2.45, 2.75) is 6.92 Å². The summed E-state index contributed by atoms with van der Waals surface area (Å²) < 4.78 is 21.5. The SMILES string of the molecule is CCNCCOCCOc1cccc(OC)c1OC. The van der Waals surface area contributed by atoms with Crippen LogP contribution in [0.25, 0.3) is 0 Å². The minimum Gasteiger partial charge on any atom is -0.493 e. The summed E-state index contributed by atoms with van der Waals surface area (Å²) in [6, 6.07) is 5.54. The first-order chi connectivity index (χ1) is 9.33. The van der Waals surface area contributed by atoms with Crippen LogP contribution in [0, 0.1) is 0 Å². The van der Waals surface area contributed by atoms with Gasteiger partial charge in [-0.15, -0.1) is 0 Å². The van der Waals surface area contributed by atoms with Crippen molar-refractivity contribution in [3.63, 3.8) is 0 Å². The predicted molar refractivity (Wildman–Crippen MR) is 74.4 cm³/mol. The number of likely N-dealkylation sites (N-methyl/N-ethyl adjacent to an activating group) is 1.